The second kappa shape index (κ2) is 8.68. The van der Waals surface area contributed by atoms with Gasteiger partial charge in [0.2, 0.25) is 0 Å². The first-order chi connectivity index (χ1) is 16.7. The topological polar surface area (TPSA) is 70.4 Å². The van der Waals surface area contributed by atoms with Crippen LogP contribution in [-0.2, 0) is 0 Å². The molecule has 0 atom stereocenters. The van der Waals surface area contributed by atoms with Gasteiger partial charge in [-0.2, -0.15) is 5.10 Å². The van der Waals surface area contributed by atoms with Gasteiger partial charge in [-0.3, -0.25) is 4.68 Å². The SMILES string of the molecule is C=C(Nc1ccc(N2CCCC2)nc1)C1=Nc2cc(F)c(-c3cnn(C4CCNCC4)c3)cc21. The average molecular weight is 458 g/mol. The number of allylic oxidation sites excluding steroid dienone is 1. The third kappa shape index (κ3) is 3.88. The molecule has 3 aliphatic rings. The number of halogens is 1. The van der Waals surface area contributed by atoms with Gasteiger partial charge >= 0.3 is 0 Å². The van der Waals surface area contributed by atoms with E-state index in [2.05, 4.69) is 37.2 Å². The lowest BCUT2D eigenvalue weighted by Gasteiger charge is -2.23. The maximum atomic E-state index is 14.9. The first-order valence-corrected chi connectivity index (χ1v) is 12.0. The molecule has 2 aromatic heterocycles. The van der Waals surface area contributed by atoms with Crippen LogP contribution in [-0.4, -0.2) is 46.7 Å². The summed E-state index contributed by atoms with van der Waals surface area (Å²) in [4.78, 5) is 11.4. The van der Waals surface area contributed by atoms with Gasteiger partial charge in [0.1, 0.15) is 11.6 Å². The van der Waals surface area contributed by atoms with Crippen LogP contribution in [0.2, 0.25) is 0 Å². The van der Waals surface area contributed by atoms with Crippen LogP contribution in [0.3, 0.4) is 0 Å². The zero-order valence-electron chi connectivity index (χ0n) is 19.1. The molecular formula is C26H28FN7. The second-order valence-electron chi connectivity index (χ2n) is 9.20. The molecule has 0 bridgehead atoms. The molecule has 1 aromatic carbocycles. The predicted octanol–water partition coefficient (Wildman–Crippen LogP) is 4.67. The Morgan fingerprint density at radius 3 is 2.68 bits per heavy atom. The fraction of sp³-hybridized carbons (Fsp3) is 0.346. The first-order valence-electron chi connectivity index (χ1n) is 12.0. The van der Waals surface area contributed by atoms with Gasteiger partial charge in [0.05, 0.1) is 41.2 Å². The largest absolute Gasteiger partial charge is 0.357 e. The number of aromatic nitrogens is 3. The van der Waals surface area contributed by atoms with Crippen molar-refractivity contribution >= 4 is 22.9 Å². The Hall–Kier alpha value is -3.52. The third-order valence-corrected chi connectivity index (χ3v) is 6.93. The molecule has 8 heteroatoms. The summed E-state index contributed by atoms with van der Waals surface area (Å²) < 4.78 is 16.9. The molecule has 6 rings (SSSR count). The standard InChI is InChI=1S/C26H28FN7/c1-17(31-19-4-5-25(29-15-19)33-10-2-3-11-33)26-22-12-21(23(27)13-24(22)32-26)18-14-30-34(16-18)20-6-8-28-9-7-20/h4-5,12-16,20,28,31H,1-3,6-11H2. The third-order valence-electron chi connectivity index (χ3n) is 6.93. The fourth-order valence-electron chi connectivity index (χ4n) is 5.00. The maximum Gasteiger partial charge on any atom is 0.133 e. The number of aliphatic imine (C=N–C) groups is 1. The number of nitrogens with one attached hydrogen (secondary N) is 2. The monoisotopic (exact) mass is 457 g/mol. The first kappa shape index (κ1) is 21.0. The van der Waals surface area contributed by atoms with Crippen LogP contribution in [0.1, 0.15) is 37.3 Å². The molecule has 0 radical (unpaired) electrons. The highest BCUT2D eigenvalue weighted by atomic mass is 19.1. The summed E-state index contributed by atoms with van der Waals surface area (Å²) in [5.41, 5.74) is 5.13. The van der Waals surface area contributed by atoms with Gasteiger partial charge < -0.3 is 15.5 Å². The van der Waals surface area contributed by atoms with Crippen LogP contribution in [0, 0.1) is 5.82 Å². The van der Waals surface area contributed by atoms with Crippen molar-refractivity contribution in [1.29, 1.82) is 0 Å². The van der Waals surface area contributed by atoms with Crippen LogP contribution in [0.15, 0.2) is 60.1 Å². The van der Waals surface area contributed by atoms with E-state index in [9.17, 15) is 4.39 Å². The quantitative estimate of drug-likeness (QED) is 0.563. The molecule has 2 fully saturated rings. The van der Waals surface area contributed by atoms with E-state index in [1.165, 1.54) is 18.9 Å². The number of rotatable bonds is 6. The van der Waals surface area contributed by atoms with E-state index in [0.29, 0.717) is 23.0 Å². The van der Waals surface area contributed by atoms with Crippen LogP contribution >= 0.6 is 0 Å². The van der Waals surface area contributed by atoms with Crippen molar-refractivity contribution in [2.45, 2.75) is 31.7 Å². The Morgan fingerprint density at radius 2 is 1.91 bits per heavy atom. The minimum Gasteiger partial charge on any atom is -0.357 e. The van der Waals surface area contributed by atoms with Crippen molar-refractivity contribution in [1.82, 2.24) is 20.1 Å². The van der Waals surface area contributed by atoms with E-state index in [1.54, 1.807) is 6.20 Å². The van der Waals surface area contributed by atoms with E-state index in [4.69, 9.17) is 0 Å². The predicted molar refractivity (Wildman–Crippen MR) is 133 cm³/mol. The summed E-state index contributed by atoms with van der Waals surface area (Å²) in [5.74, 6) is 0.719. The highest BCUT2D eigenvalue weighted by molar-refractivity contribution is 6.23. The Labute approximate surface area is 198 Å². The molecule has 34 heavy (non-hydrogen) atoms. The molecule has 5 heterocycles. The number of hydrogen-bond acceptors (Lipinski definition) is 6. The molecule has 3 aliphatic heterocycles. The summed E-state index contributed by atoms with van der Waals surface area (Å²) in [7, 11) is 0. The number of anilines is 2. The molecule has 0 spiro atoms. The minimum atomic E-state index is -0.285. The summed E-state index contributed by atoms with van der Waals surface area (Å²) in [6.07, 6.45) is 10.0. The summed E-state index contributed by atoms with van der Waals surface area (Å²) in [6.45, 7) is 8.26. The number of piperidine rings is 1. The number of hydrogen-bond donors (Lipinski definition) is 2. The number of benzene rings is 1. The molecule has 3 aromatic rings. The van der Waals surface area contributed by atoms with E-state index in [1.807, 2.05) is 35.3 Å². The van der Waals surface area contributed by atoms with Crippen LogP contribution in [0.5, 0.6) is 0 Å². The molecule has 2 N–H and O–H groups in total. The van der Waals surface area contributed by atoms with Crippen molar-refractivity contribution in [3.05, 3.63) is 66.5 Å². The van der Waals surface area contributed by atoms with Crippen molar-refractivity contribution in [2.24, 2.45) is 4.99 Å². The maximum absolute atomic E-state index is 14.9. The molecule has 0 saturated carbocycles. The van der Waals surface area contributed by atoms with E-state index in [0.717, 1.165) is 67.4 Å². The zero-order chi connectivity index (χ0) is 23.1. The Balaban J connectivity index is 1.17. The van der Waals surface area contributed by atoms with Gasteiger partial charge in [-0.15, -0.1) is 0 Å². The lowest BCUT2D eigenvalue weighted by Crippen LogP contribution is -2.29. The van der Waals surface area contributed by atoms with Gasteiger partial charge in [-0.1, -0.05) is 6.58 Å². The molecule has 174 valence electrons. The highest BCUT2D eigenvalue weighted by Crippen LogP contribution is 2.38. The molecule has 2 saturated heterocycles. The van der Waals surface area contributed by atoms with Crippen molar-refractivity contribution < 1.29 is 4.39 Å². The van der Waals surface area contributed by atoms with Crippen molar-refractivity contribution in [3.8, 4) is 11.1 Å². The summed E-state index contributed by atoms with van der Waals surface area (Å²) in [6, 6.07) is 7.76. The average Bonchev–Trinajstić information content (AvgIpc) is 3.55. The fourth-order valence-corrected chi connectivity index (χ4v) is 5.00. The number of nitrogens with zero attached hydrogens (tertiary/aromatic N) is 5. The smallest absolute Gasteiger partial charge is 0.133 e. The molecule has 0 aliphatic carbocycles. The van der Waals surface area contributed by atoms with E-state index >= 15 is 0 Å². The molecule has 7 nitrogen and oxygen atoms in total. The van der Waals surface area contributed by atoms with Gasteiger partial charge in [-0.25, -0.2) is 14.4 Å². The van der Waals surface area contributed by atoms with Crippen LogP contribution in [0.4, 0.5) is 21.6 Å². The normalized spacial score (nSPS) is 17.8. The molecule has 0 amide bonds. The van der Waals surface area contributed by atoms with Gasteiger partial charge in [0, 0.05) is 42.0 Å². The van der Waals surface area contributed by atoms with Crippen LogP contribution < -0.4 is 15.5 Å². The van der Waals surface area contributed by atoms with Gasteiger partial charge in [-0.05, 0) is 57.0 Å². The van der Waals surface area contributed by atoms with Gasteiger partial charge in [0.25, 0.3) is 0 Å². The Bertz CT molecular complexity index is 1250. The second-order valence-corrected chi connectivity index (χ2v) is 9.20. The Kier molecular flexibility index (Phi) is 5.37. The minimum absolute atomic E-state index is 0.285. The van der Waals surface area contributed by atoms with E-state index in [-0.39, 0.29) is 5.82 Å². The van der Waals surface area contributed by atoms with Crippen molar-refractivity contribution in [2.75, 3.05) is 36.4 Å². The molecule has 0 unspecified atom stereocenters. The summed E-state index contributed by atoms with van der Waals surface area (Å²) >= 11 is 0. The number of fused-ring (bicyclic) bond motifs is 1. The summed E-state index contributed by atoms with van der Waals surface area (Å²) in [5, 5.41) is 11.2. The Morgan fingerprint density at radius 1 is 1.09 bits per heavy atom. The van der Waals surface area contributed by atoms with E-state index < -0.39 is 0 Å². The zero-order valence-corrected chi connectivity index (χ0v) is 19.1. The lowest BCUT2D eigenvalue weighted by molar-refractivity contribution is 0.343. The number of pyridine rings is 1. The van der Waals surface area contributed by atoms with Crippen LogP contribution in [0.25, 0.3) is 11.1 Å². The van der Waals surface area contributed by atoms with Gasteiger partial charge in [0.15, 0.2) is 0 Å². The lowest BCUT2D eigenvalue weighted by atomic mass is 9.95. The highest BCUT2D eigenvalue weighted by Gasteiger charge is 2.25. The molecular weight excluding hydrogens is 429 g/mol. The van der Waals surface area contributed by atoms with Crippen molar-refractivity contribution in [3.63, 3.8) is 0 Å².